The number of benzene rings is 4. The third-order valence-electron chi connectivity index (χ3n) is 6.07. The average Bonchev–Trinajstić information content (AvgIpc) is 2.95. The normalized spacial score (nSPS) is 12.6. The van der Waals surface area contributed by atoms with Gasteiger partial charge in [-0.3, -0.25) is 19.7 Å². The molecule has 1 heterocycles. The smallest absolute Gasteiger partial charge is 0.308 e. The quantitative estimate of drug-likeness (QED) is 0.139. The Kier molecular flexibility index (Phi) is 7.81. The lowest BCUT2D eigenvalue weighted by molar-refractivity contribution is -0.384. The van der Waals surface area contributed by atoms with Crippen molar-refractivity contribution in [2.75, 3.05) is 16.8 Å². The first-order valence-corrected chi connectivity index (χ1v) is 13.2. The number of amides is 1. The second kappa shape index (κ2) is 11.6. The molecule has 4 aromatic carbocycles. The van der Waals surface area contributed by atoms with E-state index in [2.05, 4.69) is 10.2 Å². The van der Waals surface area contributed by atoms with Crippen molar-refractivity contribution in [3.8, 4) is 0 Å². The molecule has 1 amide bonds. The van der Waals surface area contributed by atoms with Crippen LogP contribution in [-0.4, -0.2) is 23.3 Å². The molecule has 5 rings (SSSR count). The van der Waals surface area contributed by atoms with Crippen LogP contribution in [-0.2, 0) is 14.3 Å². The molecule has 0 fully saturated rings. The molecule has 0 aliphatic carbocycles. The summed E-state index contributed by atoms with van der Waals surface area (Å²) >= 11 is 7.56. The Morgan fingerprint density at radius 2 is 1.54 bits per heavy atom. The summed E-state index contributed by atoms with van der Waals surface area (Å²) in [7, 11) is 0. The van der Waals surface area contributed by atoms with Crippen LogP contribution < -0.4 is 10.2 Å². The van der Waals surface area contributed by atoms with Crippen LogP contribution >= 0.6 is 23.4 Å². The van der Waals surface area contributed by atoms with Gasteiger partial charge in [0.05, 0.1) is 22.7 Å². The van der Waals surface area contributed by atoms with E-state index < -0.39 is 22.9 Å². The highest BCUT2D eigenvalue weighted by molar-refractivity contribution is 7.99. The molecule has 1 aliphatic heterocycles. The molecule has 8 nitrogen and oxygen atoms in total. The predicted molar refractivity (Wildman–Crippen MR) is 151 cm³/mol. The van der Waals surface area contributed by atoms with E-state index in [1.807, 2.05) is 48.5 Å². The van der Waals surface area contributed by atoms with Crippen molar-refractivity contribution in [3.05, 3.63) is 118 Å². The van der Waals surface area contributed by atoms with Crippen molar-refractivity contribution in [1.82, 2.24) is 0 Å². The molecular weight excluding hydrogens is 538 g/mol. The van der Waals surface area contributed by atoms with E-state index in [9.17, 15) is 19.7 Å². The van der Waals surface area contributed by atoms with Gasteiger partial charge in [-0.25, -0.2) is 0 Å². The fourth-order valence-electron chi connectivity index (χ4n) is 4.25. The molecule has 1 unspecified atom stereocenters. The highest BCUT2D eigenvalue weighted by atomic mass is 35.5. The number of fused-ring (bicyclic) bond motifs is 2. The Morgan fingerprint density at radius 1 is 0.923 bits per heavy atom. The van der Waals surface area contributed by atoms with E-state index in [1.54, 1.807) is 42.1 Å². The van der Waals surface area contributed by atoms with Crippen molar-refractivity contribution in [2.45, 2.75) is 22.3 Å². The number of ether oxygens (including phenoxy) is 1. The van der Waals surface area contributed by atoms with Gasteiger partial charge in [-0.15, -0.1) is 0 Å². The third-order valence-corrected chi connectivity index (χ3v) is 7.52. The maximum absolute atomic E-state index is 13.2. The lowest BCUT2D eigenvalue weighted by Crippen LogP contribution is -2.28. The average molecular weight is 560 g/mol. The second-order valence-corrected chi connectivity index (χ2v) is 10.1. The number of nitro groups is 1. The molecule has 0 aromatic heterocycles. The molecule has 1 N–H and O–H groups in total. The number of halogens is 1. The summed E-state index contributed by atoms with van der Waals surface area (Å²) in [5, 5.41) is 13.8. The van der Waals surface area contributed by atoms with Gasteiger partial charge in [0, 0.05) is 33.7 Å². The van der Waals surface area contributed by atoms with Gasteiger partial charge < -0.3 is 15.0 Å². The number of hydrogen-bond acceptors (Lipinski definition) is 7. The molecule has 0 bridgehead atoms. The van der Waals surface area contributed by atoms with Crippen LogP contribution in [0.25, 0.3) is 0 Å². The number of esters is 1. The minimum atomic E-state index is -1.26. The number of carbonyl (C=O) groups excluding carboxylic acids is 2. The molecule has 0 spiro atoms. The van der Waals surface area contributed by atoms with E-state index in [0.717, 1.165) is 27.2 Å². The Balaban J connectivity index is 1.33. The van der Waals surface area contributed by atoms with Gasteiger partial charge >= 0.3 is 5.97 Å². The van der Waals surface area contributed by atoms with Gasteiger partial charge in [0.15, 0.2) is 0 Å². The number of carbonyl (C=O) groups is 2. The summed E-state index contributed by atoms with van der Waals surface area (Å²) in [4.78, 5) is 41.2. The van der Waals surface area contributed by atoms with Gasteiger partial charge in [-0.2, -0.15) is 0 Å². The van der Waals surface area contributed by atoms with Crippen LogP contribution in [0.5, 0.6) is 0 Å². The standard InChI is InChI=1S/C29H22ClN3O5S/c30-21-15-14-20(18-24(21)33(36)37)31-29(35)28(19-8-2-1-3-9-19)38-27(34)16-17-32-22-10-4-6-12-25(22)39-26-13-7-5-11-23(26)32/h1-15,18,28H,16-17H2,(H,31,35). The largest absolute Gasteiger partial charge is 0.447 e. The number of anilines is 3. The van der Waals surface area contributed by atoms with Crippen molar-refractivity contribution < 1.29 is 19.2 Å². The molecule has 10 heteroatoms. The molecule has 0 radical (unpaired) electrons. The summed E-state index contributed by atoms with van der Waals surface area (Å²) < 4.78 is 5.70. The second-order valence-electron chi connectivity index (χ2n) is 8.63. The number of nitrogens with one attached hydrogen (secondary N) is 1. The molecule has 39 heavy (non-hydrogen) atoms. The van der Waals surface area contributed by atoms with Crippen LogP contribution in [0.1, 0.15) is 18.1 Å². The molecule has 1 aliphatic rings. The number of rotatable bonds is 8. The highest BCUT2D eigenvalue weighted by Gasteiger charge is 2.28. The Hall–Kier alpha value is -4.34. The SMILES string of the molecule is O=C(CCN1c2ccccc2Sc2ccccc21)OC(C(=O)Nc1ccc(Cl)c([N+](=O)[O-])c1)c1ccccc1. The van der Waals surface area contributed by atoms with E-state index in [1.165, 1.54) is 12.1 Å². The number of nitrogens with zero attached hydrogens (tertiary/aromatic N) is 2. The van der Waals surface area contributed by atoms with Gasteiger partial charge in [0.25, 0.3) is 11.6 Å². The Bertz CT molecular complexity index is 1500. The minimum absolute atomic E-state index is 0.0242. The molecule has 0 saturated heterocycles. The third kappa shape index (κ3) is 5.89. The summed E-state index contributed by atoms with van der Waals surface area (Å²) in [5.74, 6) is -1.20. The van der Waals surface area contributed by atoms with E-state index in [0.29, 0.717) is 12.1 Å². The predicted octanol–water partition coefficient (Wildman–Crippen LogP) is 7.16. The first-order valence-electron chi connectivity index (χ1n) is 12.0. The zero-order valence-electron chi connectivity index (χ0n) is 20.5. The van der Waals surface area contributed by atoms with E-state index in [4.69, 9.17) is 16.3 Å². The Labute approximate surface area is 233 Å². The number of nitro benzene ring substituents is 1. The van der Waals surface area contributed by atoms with Gasteiger partial charge in [-0.1, -0.05) is 78.0 Å². The van der Waals surface area contributed by atoms with Crippen LogP contribution in [0.4, 0.5) is 22.7 Å². The highest BCUT2D eigenvalue weighted by Crippen LogP contribution is 2.47. The van der Waals surface area contributed by atoms with Gasteiger partial charge in [0.1, 0.15) is 5.02 Å². The lowest BCUT2D eigenvalue weighted by Gasteiger charge is -2.32. The summed E-state index contributed by atoms with van der Waals surface area (Å²) in [6.45, 7) is 0.347. The Morgan fingerprint density at radius 3 is 2.18 bits per heavy atom. The number of para-hydroxylation sites is 2. The fourth-order valence-corrected chi connectivity index (χ4v) is 5.54. The fraction of sp³-hybridized carbons (Fsp3) is 0.103. The van der Waals surface area contributed by atoms with Crippen molar-refractivity contribution in [1.29, 1.82) is 0 Å². The molecule has 0 saturated carbocycles. The maximum atomic E-state index is 13.2. The monoisotopic (exact) mass is 559 g/mol. The van der Waals surface area contributed by atoms with Gasteiger partial charge in [0.2, 0.25) is 6.10 Å². The maximum Gasteiger partial charge on any atom is 0.308 e. The molecule has 196 valence electrons. The lowest BCUT2D eigenvalue weighted by atomic mass is 10.1. The summed E-state index contributed by atoms with van der Waals surface area (Å²) in [5.41, 5.74) is 2.28. The zero-order chi connectivity index (χ0) is 27.4. The molecular formula is C29H22ClN3O5S. The van der Waals surface area contributed by atoms with Crippen LogP contribution in [0.2, 0.25) is 5.02 Å². The topological polar surface area (TPSA) is 102 Å². The first kappa shape index (κ1) is 26.3. The van der Waals surface area contributed by atoms with E-state index in [-0.39, 0.29) is 22.8 Å². The van der Waals surface area contributed by atoms with Crippen molar-refractivity contribution in [3.63, 3.8) is 0 Å². The van der Waals surface area contributed by atoms with Crippen molar-refractivity contribution >= 4 is 58.0 Å². The minimum Gasteiger partial charge on any atom is -0.447 e. The molecule has 4 aromatic rings. The van der Waals surface area contributed by atoms with Crippen molar-refractivity contribution in [2.24, 2.45) is 0 Å². The molecule has 1 atom stereocenters. The zero-order valence-corrected chi connectivity index (χ0v) is 22.0. The number of hydrogen-bond donors (Lipinski definition) is 1. The van der Waals surface area contributed by atoms with Crippen LogP contribution in [0, 0.1) is 10.1 Å². The van der Waals surface area contributed by atoms with Crippen LogP contribution in [0.15, 0.2) is 107 Å². The van der Waals surface area contributed by atoms with E-state index >= 15 is 0 Å². The summed E-state index contributed by atoms with van der Waals surface area (Å²) in [6, 6.07) is 28.5. The summed E-state index contributed by atoms with van der Waals surface area (Å²) in [6.07, 6.45) is -1.24. The van der Waals surface area contributed by atoms with Gasteiger partial charge in [-0.05, 0) is 36.4 Å². The van der Waals surface area contributed by atoms with Crippen LogP contribution in [0.3, 0.4) is 0 Å². The first-order chi connectivity index (χ1) is 18.9.